The first-order chi connectivity index (χ1) is 14.2. The van der Waals surface area contributed by atoms with Crippen molar-refractivity contribution in [3.05, 3.63) is 81.7 Å². The molecule has 4 aromatic rings. The normalized spacial score (nSPS) is 10.8. The van der Waals surface area contributed by atoms with E-state index in [-0.39, 0.29) is 5.56 Å². The summed E-state index contributed by atoms with van der Waals surface area (Å²) < 4.78 is 7.35. The smallest absolute Gasteiger partial charge is 0.262 e. The van der Waals surface area contributed by atoms with Crippen molar-refractivity contribution in [2.24, 2.45) is 0 Å². The van der Waals surface area contributed by atoms with Gasteiger partial charge in [0.25, 0.3) is 5.56 Å². The SMILES string of the molecule is Cc1ccc(-c2csc3ncn(CCOc4ccc(CC#N)cc4)c(=O)c23)cc1. The molecule has 2 aromatic heterocycles. The predicted octanol–water partition coefficient (Wildman–Crippen LogP) is 4.58. The molecule has 0 saturated carbocycles. The molecule has 0 N–H and O–H groups in total. The Hall–Kier alpha value is -3.43. The monoisotopic (exact) mass is 401 g/mol. The van der Waals surface area contributed by atoms with Gasteiger partial charge < -0.3 is 4.74 Å². The van der Waals surface area contributed by atoms with Gasteiger partial charge in [0.1, 0.15) is 17.2 Å². The maximum atomic E-state index is 13.1. The number of ether oxygens (including phenoxy) is 1. The Morgan fingerprint density at radius 1 is 1.14 bits per heavy atom. The summed E-state index contributed by atoms with van der Waals surface area (Å²) in [5, 5.41) is 11.4. The fourth-order valence-corrected chi connectivity index (χ4v) is 4.04. The third kappa shape index (κ3) is 4.05. The van der Waals surface area contributed by atoms with E-state index in [1.807, 2.05) is 60.8 Å². The molecular weight excluding hydrogens is 382 g/mol. The number of rotatable bonds is 6. The van der Waals surface area contributed by atoms with E-state index in [1.54, 1.807) is 10.9 Å². The van der Waals surface area contributed by atoms with E-state index in [1.165, 1.54) is 16.9 Å². The third-order valence-corrected chi connectivity index (χ3v) is 5.62. The molecule has 0 unspecified atom stereocenters. The van der Waals surface area contributed by atoms with Gasteiger partial charge in [-0.2, -0.15) is 5.26 Å². The van der Waals surface area contributed by atoms with E-state index >= 15 is 0 Å². The summed E-state index contributed by atoms with van der Waals surface area (Å²) in [6.07, 6.45) is 1.96. The van der Waals surface area contributed by atoms with Crippen molar-refractivity contribution >= 4 is 21.6 Å². The molecule has 0 bridgehead atoms. The average Bonchev–Trinajstić information content (AvgIpc) is 3.17. The number of nitrogens with zero attached hydrogens (tertiary/aromatic N) is 3. The van der Waals surface area contributed by atoms with Crippen molar-refractivity contribution in [1.82, 2.24) is 9.55 Å². The lowest BCUT2D eigenvalue weighted by atomic mass is 10.1. The number of nitriles is 1. The largest absolute Gasteiger partial charge is 0.492 e. The lowest BCUT2D eigenvalue weighted by Crippen LogP contribution is -2.23. The molecular formula is C23H19N3O2S. The molecule has 144 valence electrons. The highest BCUT2D eigenvalue weighted by Gasteiger charge is 2.13. The van der Waals surface area contributed by atoms with Crippen LogP contribution in [-0.4, -0.2) is 16.2 Å². The van der Waals surface area contributed by atoms with E-state index in [2.05, 4.69) is 11.1 Å². The molecule has 0 saturated heterocycles. The zero-order chi connectivity index (χ0) is 20.2. The Bertz CT molecular complexity index is 1230. The number of fused-ring (bicyclic) bond motifs is 1. The molecule has 0 amide bonds. The van der Waals surface area contributed by atoms with Crippen molar-refractivity contribution in [3.63, 3.8) is 0 Å². The Kier molecular flexibility index (Phi) is 5.41. The first-order valence-corrected chi connectivity index (χ1v) is 10.2. The van der Waals surface area contributed by atoms with E-state index in [0.717, 1.165) is 21.5 Å². The van der Waals surface area contributed by atoms with Crippen LogP contribution >= 0.6 is 11.3 Å². The molecule has 0 atom stereocenters. The summed E-state index contributed by atoms with van der Waals surface area (Å²) in [6, 6.07) is 17.7. The van der Waals surface area contributed by atoms with Gasteiger partial charge in [-0.25, -0.2) is 4.98 Å². The minimum atomic E-state index is -0.0557. The highest BCUT2D eigenvalue weighted by Crippen LogP contribution is 2.30. The van der Waals surface area contributed by atoms with Gasteiger partial charge >= 0.3 is 0 Å². The third-order valence-electron chi connectivity index (χ3n) is 4.73. The number of hydrogen-bond acceptors (Lipinski definition) is 5. The van der Waals surface area contributed by atoms with Gasteiger partial charge in [-0.05, 0) is 30.2 Å². The van der Waals surface area contributed by atoms with Gasteiger partial charge in [-0.3, -0.25) is 9.36 Å². The van der Waals surface area contributed by atoms with Crippen molar-refractivity contribution in [2.45, 2.75) is 19.9 Å². The number of benzene rings is 2. The van der Waals surface area contributed by atoms with Crippen molar-refractivity contribution in [2.75, 3.05) is 6.61 Å². The van der Waals surface area contributed by atoms with Gasteiger partial charge in [0, 0.05) is 10.9 Å². The molecule has 5 nitrogen and oxygen atoms in total. The molecule has 2 heterocycles. The van der Waals surface area contributed by atoms with Gasteiger partial charge in [0.2, 0.25) is 0 Å². The summed E-state index contributed by atoms with van der Waals surface area (Å²) in [5.41, 5.74) is 4.02. The second kappa shape index (κ2) is 8.29. The second-order valence-corrected chi connectivity index (χ2v) is 7.62. The zero-order valence-electron chi connectivity index (χ0n) is 16.0. The van der Waals surface area contributed by atoms with Crippen LogP contribution in [0.15, 0.2) is 65.0 Å². The topological polar surface area (TPSA) is 67.9 Å². The van der Waals surface area contributed by atoms with Gasteiger partial charge in [0.15, 0.2) is 0 Å². The van der Waals surface area contributed by atoms with Crippen LogP contribution in [0.2, 0.25) is 0 Å². The molecule has 0 fully saturated rings. The number of thiophene rings is 1. The Balaban J connectivity index is 1.53. The standard InChI is InChI=1S/C23H19N3O2S/c1-16-2-6-18(7-3-16)20-14-29-22-21(20)23(27)26(15-25-22)12-13-28-19-8-4-17(5-9-19)10-11-24/h2-9,14-15H,10,12-13H2,1H3. The quantitative estimate of drug-likeness (QED) is 0.474. The molecule has 29 heavy (non-hydrogen) atoms. The number of aryl methyl sites for hydroxylation is 1. The molecule has 2 aromatic carbocycles. The lowest BCUT2D eigenvalue weighted by molar-refractivity contribution is 0.296. The van der Waals surface area contributed by atoms with Crippen LogP contribution in [0.3, 0.4) is 0 Å². The molecule has 0 aliphatic heterocycles. The highest BCUT2D eigenvalue weighted by atomic mass is 32.1. The van der Waals surface area contributed by atoms with Gasteiger partial charge in [-0.1, -0.05) is 42.0 Å². The minimum absolute atomic E-state index is 0.0557. The van der Waals surface area contributed by atoms with E-state index in [9.17, 15) is 4.79 Å². The number of hydrogen-bond donors (Lipinski definition) is 0. The van der Waals surface area contributed by atoms with Crippen LogP contribution in [0, 0.1) is 18.3 Å². The summed E-state index contributed by atoms with van der Waals surface area (Å²) >= 11 is 1.48. The zero-order valence-corrected chi connectivity index (χ0v) is 16.8. The predicted molar refractivity (Wildman–Crippen MR) is 115 cm³/mol. The van der Waals surface area contributed by atoms with Crippen LogP contribution in [-0.2, 0) is 13.0 Å². The number of aromatic nitrogens is 2. The molecule has 0 spiro atoms. The second-order valence-electron chi connectivity index (χ2n) is 6.77. The Morgan fingerprint density at radius 3 is 2.62 bits per heavy atom. The molecule has 4 rings (SSSR count). The van der Waals surface area contributed by atoms with Crippen LogP contribution < -0.4 is 10.3 Å². The molecule has 0 radical (unpaired) electrons. The fraction of sp³-hybridized carbons (Fsp3) is 0.174. The van der Waals surface area contributed by atoms with E-state index in [0.29, 0.717) is 30.7 Å². The van der Waals surface area contributed by atoms with E-state index in [4.69, 9.17) is 10.00 Å². The van der Waals surface area contributed by atoms with Gasteiger partial charge in [0.05, 0.1) is 30.7 Å². The van der Waals surface area contributed by atoms with Gasteiger partial charge in [-0.15, -0.1) is 11.3 Å². The van der Waals surface area contributed by atoms with E-state index < -0.39 is 0 Å². The highest BCUT2D eigenvalue weighted by molar-refractivity contribution is 7.17. The van der Waals surface area contributed by atoms with Crippen LogP contribution in [0.5, 0.6) is 5.75 Å². The maximum absolute atomic E-state index is 13.1. The Morgan fingerprint density at radius 2 is 1.90 bits per heavy atom. The maximum Gasteiger partial charge on any atom is 0.262 e. The Labute approximate surface area is 172 Å². The van der Waals surface area contributed by atoms with Crippen LogP contribution in [0.4, 0.5) is 0 Å². The molecule has 6 heteroatoms. The lowest BCUT2D eigenvalue weighted by Gasteiger charge is -2.09. The summed E-state index contributed by atoms with van der Waals surface area (Å²) in [4.78, 5) is 18.3. The minimum Gasteiger partial charge on any atom is -0.492 e. The van der Waals surface area contributed by atoms with Crippen LogP contribution in [0.25, 0.3) is 21.3 Å². The van der Waals surface area contributed by atoms with Crippen molar-refractivity contribution in [3.8, 4) is 22.9 Å². The molecule has 0 aliphatic carbocycles. The van der Waals surface area contributed by atoms with Crippen LogP contribution in [0.1, 0.15) is 11.1 Å². The average molecular weight is 401 g/mol. The first kappa shape index (κ1) is 18.9. The van der Waals surface area contributed by atoms with Crippen molar-refractivity contribution < 1.29 is 4.74 Å². The summed E-state index contributed by atoms with van der Waals surface area (Å²) in [5.74, 6) is 0.713. The molecule has 0 aliphatic rings. The first-order valence-electron chi connectivity index (χ1n) is 9.28. The summed E-state index contributed by atoms with van der Waals surface area (Å²) in [6.45, 7) is 2.81. The van der Waals surface area contributed by atoms with Crippen molar-refractivity contribution in [1.29, 1.82) is 5.26 Å². The summed E-state index contributed by atoms with van der Waals surface area (Å²) in [7, 11) is 0. The fourth-order valence-electron chi connectivity index (χ4n) is 3.13.